The molecule has 1 aromatic heterocycles. The predicted molar refractivity (Wildman–Crippen MR) is 175 cm³/mol. The quantitative estimate of drug-likeness (QED) is 0.436. The highest BCUT2D eigenvalue weighted by Crippen LogP contribution is 2.37. The molecule has 47 heavy (non-hydrogen) atoms. The molecule has 0 spiro atoms. The van der Waals surface area contributed by atoms with Gasteiger partial charge in [-0.05, 0) is 60.8 Å². The van der Waals surface area contributed by atoms with Gasteiger partial charge in [-0.1, -0.05) is 39.0 Å². The summed E-state index contributed by atoms with van der Waals surface area (Å²) in [5.41, 5.74) is 2.34. The maximum Gasteiger partial charge on any atom is 0.410 e. The molecule has 0 aliphatic carbocycles. The summed E-state index contributed by atoms with van der Waals surface area (Å²) in [5.74, 6) is -0.108. The third-order valence-electron chi connectivity index (χ3n) is 9.79. The van der Waals surface area contributed by atoms with E-state index in [0.29, 0.717) is 70.0 Å². The van der Waals surface area contributed by atoms with Gasteiger partial charge in [0.2, 0.25) is 11.8 Å². The van der Waals surface area contributed by atoms with Gasteiger partial charge < -0.3 is 29.2 Å². The molecule has 4 aliphatic heterocycles. The highest BCUT2D eigenvalue weighted by Gasteiger charge is 2.40. The van der Waals surface area contributed by atoms with Crippen LogP contribution in [0.3, 0.4) is 0 Å². The standard InChI is InChI=1S/C36H48N4O7/c1-36(2,3)27-6-8-29(9-7-27)40(31(41)20-24-19-25-12-18-45-34(25)46-22-24)32(26-5-4-14-37-21-26)33(42)38-28-10-15-39(16-11-28)35(43)47-30-13-17-44-23-30/h4-9,14,21,24-25,28,30,32,34H,10-13,15-20,22-23H2,1-3H3,(H,38,42)/t24?,25?,30?,32?,34-/m1/s1. The van der Waals surface area contributed by atoms with Gasteiger partial charge in [0.15, 0.2) is 6.29 Å². The number of amides is 3. The summed E-state index contributed by atoms with van der Waals surface area (Å²) < 4.78 is 22.6. The Bertz CT molecular complexity index is 1370. The molecule has 3 amide bonds. The first-order chi connectivity index (χ1) is 22.7. The molecule has 254 valence electrons. The number of rotatable bonds is 8. The number of fused-ring (bicyclic) bond motifs is 1. The van der Waals surface area contributed by atoms with Crippen molar-refractivity contribution in [2.45, 2.75) is 89.2 Å². The van der Waals surface area contributed by atoms with Crippen molar-refractivity contribution in [1.29, 1.82) is 0 Å². The first-order valence-electron chi connectivity index (χ1n) is 17.0. The van der Waals surface area contributed by atoms with Crippen molar-refractivity contribution in [2.24, 2.45) is 11.8 Å². The number of nitrogens with one attached hydrogen (secondary N) is 1. The summed E-state index contributed by atoms with van der Waals surface area (Å²) in [6.45, 7) is 9.55. The number of nitrogens with zero attached hydrogens (tertiary/aromatic N) is 3. The SMILES string of the molecule is CC(C)(C)c1ccc(N(C(=O)CC2CO[C@H]3OCCC3C2)C(C(=O)NC2CCN(C(=O)OC3CCOC3)CC2)c2cccnc2)cc1. The van der Waals surface area contributed by atoms with E-state index < -0.39 is 6.04 Å². The fourth-order valence-electron chi connectivity index (χ4n) is 7.06. The summed E-state index contributed by atoms with van der Waals surface area (Å²) in [5, 5.41) is 3.22. The fourth-order valence-corrected chi connectivity index (χ4v) is 7.06. The van der Waals surface area contributed by atoms with E-state index in [1.165, 1.54) is 0 Å². The number of benzene rings is 1. The monoisotopic (exact) mass is 648 g/mol. The smallest absolute Gasteiger partial charge is 0.410 e. The second-order valence-electron chi connectivity index (χ2n) is 14.3. The molecule has 4 aliphatic rings. The van der Waals surface area contributed by atoms with Crippen molar-refractivity contribution < 1.29 is 33.3 Å². The lowest BCUT2D eigenvalue weighted by atomic mass is 9.86. The van der Waals surface area contributed by atoms with Gasteiger partial charge >= 0.3 is 6.09 Å². The van der Waals surface area contributed by atoms with E-state index in [-0.39, 0.29) is 60.0 Å². The lowest BCUT2D eigenvalue weighted by Crippen LogP contribution is -2.51. The molecule has 5 heterocycles. The molecular weight excluding hydrogens is 600 g/mol. The molecule has 4 saturated heterocycles. The van der Waals surface area contributed by atoms with Crippen LogP contribution in [-0.4, -0.2) is 85.7 Å². The highest BCUT2D eigenvalue weighted by molar-refractivity contribution is 6.01. The summed E-state index contributed by atoms with van der Waals surface area (Å²) >= 11 is 0. The topological polar surface area (TPSA) is 120 Å². The number of piperidine rings is 1. The van der Waals surface area contributed by atoms with Crippen LogP contribution in [0.2, 0.25) is 0 Å². The number of carbonyl (C=O) groups is 3. The van der Waals surface area contributed by atoms with Crippen LogP contribution in [0.1, 0.15) is 76.5 Å². The van der Waals surface area contributed by atoms with E-state index in [1.807, 2.05) is 30.3 Å². The molecule has 4 unspecified atom stereocenters. The van der Waals surface area contributed by atoms with Crippen molar-refractivity contribution in [3.63, 3.8) is 0 Å². The Morgan fingerprint density at radius 1 is 1.02 bits per heavy atom. The molecule has 1 N–H and O–H groups in total. The molecular formula is C36H48N4O7. The van der Waals surface area contributed by atoms with Crippen LogP contribution in [0.15, 0.2) is 48.8 Å². The maximum atomic E-state index is 14.4. The Hall–Kier alpha value is -3.54. The van der Waals surface area contributed by atoms with Crippen molar-refractivity contribution in [1.82, 2.24) is 15.2 Å². The first-order valence-corrected chi connectivity index (χ1v) is 17.0. The Balaban J connectivity index is 1.21. The van der Waals surface area contributed by atoms with Crippen molar-refractivity contribution in [3.8, 4) is 0 Å². The van der Waals surface area contributed by atoms with Crippen molar-refractivity contribution in [3.05, 3.63) is 59.9 Å². The summed E-state index contributed by atoms with van der Waals surface area (Å²) in [6.07, 6.45) is 6.52. The highest BCUT2D eigenvalue weighted by atomic mass is 16.7. The Kier molecular flexibility index (Phi) is 10.4. The lowest BCUT2D eigenvalue weighted by Gasteiger charge is -2.37. The molecule has 0 bridgehead atoms. The third kappa shape index (κ3) is 8.13. The van der Waals surface area contributed by atoms with Gasteiger partial charge in [-0.2, -0.15) is 0 Å². The molecule has 6 rings (SSSR count). The number of likely N-dealkylation sites (tertiary alicyclic amines) is 1. The van der Waals surface area contributed by atoms with E-state index in [0.717, 1.165) is 18.4 Å². The van der Waals surface area contributed by atoms with Crippen molar-refractivity contribution >= 4 is 23.6 Å². The second-order valence-corrected chi connectivity index (χ2v) is 14.3. The Morgan fingerprint density at radius 2 is 1.81 bits per heavy atom. The lowest BCUT2D eigenvalue weighted by molar-refractivity contribution is -0.168. The van der Waals surface area contributed by atoms with E-state index in [2.05, 4.69) is 31.1 Å². The third-order valence-corrected chi connectivity index (χ3v) is 9.79. The summed E-state index contributed by atoms with van der Waals surface area (Å²) in [6, 6.07) is 10.5. The number of hydrogen-bond acceptors (Lipinski definition) is 8. The van der Waals surface area contributed by atoms with Gasteiger partial charge in [-0.3, -0.25) is 19.5 Å². The van der Waals surface area contributed by atoms with Crippen LogP contribution in [0.25, 0.3) is 0 Å². The van der Waals surface area contributed by atoms with Gasteiger partial charge in [-0.25, -0.2) is 4.79 Å². The molecule has 0 radical (unpaired) electrons. The van der Waals surface area contributed by atoms with Crippen LogP contribution >= 0.6 is 0 Å². The average molecular weight is 649 g/mol. The maximum absolute atomic E-state index is 14.4. The normalized spacial score (nSPS) is 25.6. The van der Waals surface area contributed by atoms with Gasteiger partial charge in [0.1, 0.15) is 12.1 Å². The van der Waals surface area contributed by atoms with Crippen LogP contribution < -0.4 is 10.2 Å². The largest absolute Gasteiger partial charge is 0.444 e. The fraction of sp³-hybridized carbons (Fsp3) is 0.611. The number of hydrogen-bond donors (Lipinski definition) is 1. The van der Waals surface area contributed by atoms with E-state index in [4.69, 9.17) is 18.9 Å². The van der Waals surface area contributed by atoms with Gasteiger partial charge in [0.25, 0.3) is 0 Å². The van der Waals surface area contributed by atoms with Crippen LogP contribution in [0.4, 0.5) is 10.5 Å². The van der Waals surface area contributed by atoms with E-state index in [9.17, 15) is 14.4 Å². The predicted octanol–water partition coefficient (Wildman–Crippen LogP) is 4.75. The Labute approximate surface area is 277 Å². The molecule has 5 atom stereocenters. The van der Waals surface area contributed by atoms with Gasteiger partial charge in [0.05, 0.1) is 26.4 Å². The average Bonchev–Trinajstić information content (AvgIpc) is 3.76. The minimum absolute atomic E-state index is 0.0271. The van der Waals surface area contributed by atoms with Crippen molar-refractivity contribution in [2.75, 3.05) is 44.4 Å². The molecule has 1 aromatic carbocycles. The molecule has 4 fully saturated rings. The van der Waals surface area contributed by atoms with E-state index in [1.54, 1.807) is 28.3 Å². The Morgan fingerprint density at radius 3 is 2.49 bits per heavy atom. The zero-order valence-corrected chi connectivity index (χ0v) is 27.8. The first kappa shape index (κ1) is 33.4. The van der Waals surface area contributed by atoms with Crippen LogP contribution in [0, 0.1) is 11.8 Å². The summed E-state index contributed by atoms with van der Waals surface area (Å²) in [4.78, 5) is 49.1. The summed E-state index contributed by atoms with van der Waals surface area (Å²) in [7, 11) is 0. The zero-order chi connectivity index (χ0) is 33.0. The van der Waals surface area contributed by atoms with Crippen LogP contribution in [-0.2, 0) is 34.0 Å². The molecule has 2 aromatic rings. The number of carbonyl (C=O) groups excluding carboxylic acids is 3. The second kappa shape index (κ2) is 14.7. The molecule has 11 heteroatoms. The molecule has 11 nitrogen and oxygen atoms in total. The minimum atomic E-state index is -0.936. The number of aromatic nitrogens is 1. The number of ether oxygens (including phenoxy) is 4. The number of anilines is 1. The van der Waals surface area contributed by atoms with Gasteiger partial charge in [0, 0.05) is 61.5 Å². The number of pyridine rings is 1. The molecule has 0 saturated carbocycles. The zero-order valence-electron chi connectivity index (χ0n) is 27.8. The minimum Gasteiger partial charge on any atom is -0.444 e. The van der Waals surface area contributed by atoms with E-state index >= 15 is 0 Å². The van der Waals surface area contributed by atoms with Crippen LogP contribution in [0.5, 0.6) is 0 Å². The van der Waals surface area contributed by atoms with Gasteiger partial charge in [-0.15, -0.1) is 0 Å².